The predicted molar refractivity (Wildman–Crippen MR) is 84.8 cm³/mol. The van der Waals surface area contributed by atoms with Gasteiger partial charge in [-0.2, -0.15) is 0 Å². The van der Waals surface area contributed by atoms with Crippen LogP contribution in [0.15, 0.2) is 24.3 Å². The van der Waals surface area contributed by atoms with Crippen LogP contribution in [0.25, 0.3) is 0 Å². The minimum absolute atomic E-state index is 0.0815. The molecule has 0 heterocycles. The molecule has 23 heavy (non-hydrogen) atoms. The van der Waals surface area contributed by atoms with Crippen molar-refractivity contribution < 1.29 is 19.5 Å². The molecular weight excluding hydrogens is 296 g/mol. The maximum absolute atomic E-state index is 12.2. The number of nitrogens with two attached hydrogens (primary N) is 1. The Morgan fingerprint density at radius 1 is 1.22 bits per heavy atom. The highest BCUT2D eigenvalue weighted by Gasteiger charge is 2.30. The maximum atomic E-state index is 12.2. The second kappa shape index (κ2) is 7.76. The number of aliphatic carboxylic acids is 1. The molecule has 1 aliphatic rings. The van der Waals surface area contributed by atoms with E-state index < -0.39 is 17.8 Å². The zero-order valence-electron chi connectivity index (χ0n) is 13.0. The lowest BCUT2D eigenvalue weighted by molar-refractivity contribution is -0.144. The quantitative estimate of drug-likeness (QED) is 0.735. The van der Waals surface area contributed by atoms with E-state index in [-0.39, 0.29) is 11.8 Å². The van der Waals surface area contributed by atoms with E-state index in [1.54, 1.807) is 18.2 Å². The van der Waals surface area contributed by atoms with Gasteiger partial charge in [0.15, 0.2) is 0 Å². The Morgan fingerprint density at radius 2 is 1.96 bits per heavy atom. The average Bonchev–Trinajstić information content (AvgIpc) is 2.55. The Hall–Kier alpha value is -2.37. The van der Waals surface area contributed by atoms with E-state index in [1.165, 1.54) is 0 Å². The van der Waals surface area contributed by atoms with Gasteiger partial charge in [-0.05, 0) is 43.4 Å². The number of carbonyl (C=O) groups excluding carboxylic acids is 2. The molecule has 0 aliphatic heterocycles. The zero-order chi connectivity index (χ0) is 16.8. The number of hydrogen-bond donors (Lipinski definition) is 3. The second-order valence-electron chi connectivity index (χ2n) is 6.00. The number of rotatable bonds is 6. The van der Waals surface area contributed by atoms with Crippen molar-refractivity contribution in [2.45, 2.75) is 32.1 Å². The standard InChI is InChI=1S/C17H22N2O4/c18-15(20)12-4-1-3-11(9-12)7-8-19-16(21)13-5-2-6-14(10-13)17(22)23/h1,3-4,9,13-14H,2,5-8,10H2,(H2,18,20)(H,19,21)(H,22,23). The highest BCUT2D eigenvalue weighted by atomic mass is 16.4. The number of benzene rings is 1. The summed E-state index contributed by atoms with van der Waals surface area (Å²) in [6.45, 7) is 0.454. The molecule has 0 aromatic heterocycles. The van der Waals surface area contributed by atoms with Gasteiger partial charge >= 0.3 is 5.97 Å². The molecule has 2 atom stereocenters. The molecule has 124 valence electrons. The summed E-state index contributed by atoms with van der Waals surface area (Å²) in [6.07, 6.45) is 3.18. The van der Waals surface area contributed by atoms with E-state index in [0.717, 1.165) is 18.4 Å². The number of carbonyl (C=O) groups is 3. The van der Waals surface area contributed by atoms with Gasteiger partial charge in [-0.25, -0.2) is 0 Å². The van der Waals surface area contributed by atoms with Crippen LogP contribution in [0.4, 0.5) is 0 Å². The number of primary amides is 1. The first-order valence-corrected chi connectivity index (χ1v) is 7.86. The molecule has 1 aliphatic carbocycles. The van der Waals surface area contributed by atoms with Gasteiger partial charge in [-0.15, -0.1) is 0 Å². The first-order chi connectivity index (χ1) is 11.0. The smallest absolute Gasteiger partial charge is 0.306 e. The van der Waals surface area contributed by atoms with Crippen LogP contribution in [-0.2, 0) is 16.0 Å². The SMILES string of the molecule is NC(=O)c1cccc(CCNC(=O)C2CCCC(C(=O)O)C2)c1. The molecule has 2 rings (SSSR count). The molecule has 0 saturated heterocycles. The van der Waals surface area contributed by atoms with Crippen LogP contribution in [0.2, 0.25) is 0 Å². The van der Waals surface area contributed by atoms with Crippen molar-refractivity contribution in [3.8, 4) is 0 Å². The Bertz CT molecular complexity index is 600. The van der Waals surface area contributed by atoms with E-state index in [4.69, 9.17) is 10.8 Å². The highest BCUT2D eigenvalue weighted by Crippen LogP contribution is 2.29. The third-order valence-corrected chi connectivity index (χ3v) is 4.32. The van der Waals surface area contributed by atoms with Gasteiger partial charge in [0.2, 0.25) is 11.8 Å². The van der Waals surface area contributed by atoms with Gasteiger partial charge in [-0.1, -0.05) is 18.6 Å². The Balaban J connectivity index is 1.81. The van der Waals surface area contributed by atoms with E-state index in [1.807, 2.05) is 6.07 Å². The molecule has 0 bridgehead atoms. The van der Waals surface area contributed by atoms with E-state index in [2.05, 4.69) is 5.32 Å². The van der Waals surface area contributed by atoms with Crippen LogP contribution in [0.1, 0.15) is 41.6 Å². The fourth-order valence-corrected chi connectivity index (χ4v) is 3.01. The van der Waals surface area contributed by atoms with Crippen LogP contribution in [0, 0.1) is 11.8 Å². The number of hydrogen-bond acceptors (Lipinski definition) is 3. The second-order valence-corrected chi connectivity index (χ2v) is 6.00. The van der Waals surface area contributed by atoms with Crippen LogP contribution < -0.4 is 11.1 Å². The molecule has 6 heteroatoms. The Labute approximate surface area is 135 Å². The fourth-order valence-electron chi connectivity index (χ4n) is 3.01. The summed E-state index contributed by atoms with van der Waals surface area (Å²) in [5.74, 6) is -2.00. The monoisotopic (exact) mass is 318 g/mol. The number of amides is 2. The largest absolute Gasteiger partial charge is 0.481 e. The molecule has 0 radical (unpaired) electrons. The number of carboxylic acids is 1. The molecule has 4 N–H and O–H groups in total. The third kappa shape index (κ3) is 4.81. The molecule has 6 nitrogen and oxygen atoms in total. The topological polar surface area (TPSA) is 109 Å². The Kier molecular flexibility index (Phi) is 5.73. The highest BCUT2D eigenvalue weighted by molar-refractivity contribution is 5.92. The molecule has 2 amide bonds. The van der Waals surface area contributed by atoms with Crippen molar-refractivity contribution >= 4 is 17.8 Å². The number of nitrogens with one attached hydrogen (secondary N) is 1. The summed E-state index contributed by atoms with van der Waals surface area (Å²) in [4.78, 5) is 34.3. The summed E-state index contributed by atoms with van der Waals surface area (Å²) in [6, 6.07) is 7.00. The van der Waals surface area contributed by atoms with Crippen LogP contribution in [0.3, 0.4) is 0 Å². The molecule has 0 spiro atoms. The van der Waals surface area contributed by atoms with Crippen molar-refractivity contribution in [2.75, 3.05) is 6.54 Å². The van der Waals surface area contributed by atoms with Crippen molar-refractivity contribution in [3.63, 3.8) is 0 Å². The lowest BCUT2D eigenvalue weighted by Crippen LogP contribution is -2.36. The van der Waals surface area contributed by atoms with Crippen molar-refractivity contribution in [2.24, 2.45) is 17.6 Å². The minimum atomic E-state index is -0.814. The first kappa shape index (κ1) is 17.0. The Morgan fingerprint density at radius 3 is 2.65 bits per heavy atom. The summed E-state index contributed by atoms with van der Waals surface area (Å²) in [5.41, 5.74) is 6.61. The zero-order valence-corrected chi connectivity index (χ0v) is 13.0. The van der Waals surface area contributed by atoms with Crippen LogP contribution in [0.5, 0.6) is 0 Å². The summed E-state index contributed by atoms with van der Waals surface area (Å²) < 4.78 is 0. The van der Waals surface area contributed by atoms with Gasteiger partial charge in [0.25, 0.3) is 0 Å². The lowest BCUT2D eigenvalue weighted by Gasteiger charge is -2.25. The van der Waals surface area contributed by atoms with Gasteiger partial charge in [-0.3, -0.25) is 14.4 Å². The van der Waals surface area contributed by atoms with Crippen molar-refractivity contribution in [1.29, 1.82) is 0 Å². The maximum Gasteiger partial charge on any atom is 0.306 e. The first-order valence-electron chi connectivity index (χ1n) is 7.86. The summed E-state index contributed by atoms with van der Waals surface area (Å²) in [5, 5.41) is 11.9. The normalized spacial score (nSPS) is 20.7. The van der Waals surface area contributed by atoms with E-state index >= 15 is 0 Å². The molecule has 1 fully saturated rings. The summed E-state index contributed by atoms with van der Waals surface area (Å²) >= 11 is 0. The van der Waals surface area contributed by atoms with Crippen LogP contribution >= 0.6 is 0 Å². The van der Waals surface area contributed by atoms with Gasteiger partial charge in [0.1, 0.15) is 0 Å². The van der Waals surface area contributed by atoms with Gasteiger partial charge in [0.05, 0.1) is 5.92 Å². The van der Waals surface area contributed by atoms with E-state index in [0.29, 0.717) is 31.4 Å². The lowest BCUT2D eigenvalue weighted by atomic mass is 9.81. The molecule has 1 aromatic carbocycles. The third-order valence-electron chi connectivity index (χ3n) is 4.32. The average molecular weight is 318 g/mol. The minimum Gasteiger partial charge on any atom is -0.481 e. The number of carboxylic acid groups (broad SMARTS) is 1. The molecule has 1 aromatic rings. The molecular formula is C17H22N2O4. The van der Waals surface area contributed by atoms with Gasteiger partial charge in [0, 0.05) is 18.0 Å². The van der Waals surface area contributed by atoms with Crippen molar-refractivity contribution in [3.05, 3.63) is 35.4 Å². The van der Waals surface area contributed by atoms with Crippen molar-refractivity contribution in [1.82, 2.24) is 5.32 Å². The fraction of sp³-hybridized carbons (Fsp3) is 0.471. The summed E-state index contributed by atoms with van der Waals surface area (Å²) in [7, 11) is 0. The predicted octanol–water partition coefficient (Wildman–Crippen LogP) is 1.34. The van der Waals surface area contributed by atoms with Crippen LogP contribution in [-0.4, -0.2) is 29.4 Å². The molecule has 2 unspecified atom stereocenters. The van der Waals surface area contributed by atoms with E-state index in [9.17, 15) is 14.4 Å². The molecule has 1 saturated carbocycles. The van der Waals surface area contributed by atoms with Gasteiger partial charge < -0.3 is 16.2 Å².